The average molecular weight is 319 g/mol. The Bertz CT molecular complexity index is 668. The van der Waals surface area contributed by atoms with Gasteiger partial charge in [0.05, 0.1) is 6.04 Å². The summed E-state index contributed by atoms with van der Waals surface area (Å²) in [6.45, 7) is 9.61. The van der Waals surface area contributed by atoms with Crippen LogP contribution < -0.4 is 10.6 Å². The molecule has 0 spiro atoms. The third kappa shape index (κ3) is 4.24. The van der Waals surface area contributed by atoms with Gasteiger partial charge in [-0.3, -0.25) is 10.1 Å². The van der Waals surface area contributed by atoms with Crippen LogP contribution >= 0.6 is 11.3 Å². The van der Waals surface area contributed by atoms with Crippen molar-refractivity contribution in [2.24, 2.45) is 0 Å². The fraction of sp³-hybridized carbons (Fsp3) is 0.467. The van der Waals surface area contributed by atoms with Crippen LogP contribution in [0.4, 0.5) is 11.9 Å². The van der Waals surface area contributed by atoms with Crippen LogP contribution in [0.5, 0.6) is 0 Å². The van der Waals surface area contributed by atoms with Gasteiger partial charge in [0.15, 0.2) is 0 Å². The number of carbonyl (C=O) groups excluding carboxylic acids is 1. The number of aromatic nitrogens is 3. The molecule has 0 aliphatic carbocycles. The first-order valence-corrected chi connectivity index (χ1v) is 8.08. The van der Waals surface area contributed by atoms with Crippen molar-refractivity contribution in [2.75, 3.05) is 10.6 Å². The third-order valence-electron chi connectivity index (χ3n) is 3.11. The van der Waals surface area contributed by atoms with Crippen LogP contribution in [0.3, 0.4) is 0 Å². The molecule has 2 aromatic heterocycles. The second-order valence-electron chi connectivity index (χ2n) is 5.51. The van der Waals surface area contributed by atoms with Gasteiger partial charge in [0, 0.05) is 11.8 Å². The summed E-state index contributed by atoms with van der Waals surface area (Å²) in [4.78, 5) is 24.9. The Balaban J connectivity index is 2.14. The SMILES string of the molecule is CC(=O)Nc1nc(C)nc(NC(C)c2cc(C(C)C)cs2)n1. The third-order valence-corrected chi connectivity index (χ3v) is 4.25. The predicted octanol–water partition coefficient (Wildman–Crippen LogP) is 3.50. The number of carbonyl (C=O) groups is 1. The van der Waals surface area contributed by atoms with Crippen LogP contribution in [0.25, 0.3) is 0 Å². The van der Waals surface area contributed by atoms with Crippen LogP contribution in [0, 0.1) is 6.92 Å². The van der Waals surface area contributed by atoms with Crippen LogP contribution in [-0.2, 0) is 4.79 Å². The number of nitrogens with one attached hydrogen (secondary N) is 2. The van der Waals surface area contributed by atoms with Crippen LogP contribution in [-0.4, -0.2) is 20.9 Å². The van der Waals surface area contributed by atoms with Gasteiger partial charge in [-0.2, -0.15) is 15.0 Å². The van der Waals surface area contributed by atoms with E-state index in [-0.39, 0.29) is 17.9 Å². The number of hydrogen-bond donors (Lipinski definition) is 2. The van der Waals surface area contributed by atoms with E-state index in [1.54, 1.807) is 18.3 Å². The van der Waals surface area contributed by atoms with Gasteiger partial charge in [0.25, 0.3) is 0 Å². The molecule has 6 nitrogen and oxygen atoms in total. The number of aryl methyl sites for hydroxylation is 1. The van der Waals surface area contributed by atoms with Crippen molar-refractivity contribution >= 4 is 29.1 Å². The minimum absolute atomic E-state index is 0.0875. The molecule has 0 saturated carbocycles. The summed E-state index contributed by atoms with van der Waals surface area (Å²) in [7, 11) is 0. The topological polar surface area (TPSA) is 79.8 Å². The lowest BCUT2D eigenvalue weighted by atomic mass is 10.1. The molecule has 2 rings (SSSR count). The smallest absolute Gasteiger partial charge is 0.234 e. The van der Waals surface area contributed by atoms with Gasteiger partial charge in [-0.25, -0.2) is 0 Å². The number of rotatable bonds is 5. The van der Waals surface area contributed by atoms with Gasteiger partial charge in [0.1, 0.15) is 5.82 Å². The fourth-order valence-electron chi connectivity index (χ4n) is 1.92. The van der Waals surface area contributed by atoms with Crippen molar-refractivity contribution < 1.29 is 4.79 Å². The van der Waals surface area contributed by atoms with Gasteiger partial charge >= 0.3 is 0 Å². The van der Waals surface area contributed by atoms with E-state index in [2.05, 4.69) is 57.8 Å². The molecule has 2 heterocycles. The highest BCUT2D eigenvalue weighted by Crippen LogP contribution is 2.28. The standard InChI is InChI=1S/C15H21N5OS/c1-8(2)12-6-13(22-7-12)9(3)16-14-17-10(4)18-15(20-14)19-11(5)21/h6-9H,1-5H3,(H2,16,17,18,19,20,21). The zero-order valence-electron chi connectivity index (χ0n) is 13.5. The highest BCUT2D eigenvalue weighted by atomic mass is 32.1. The van der Waals surface area contributed by atoms with Gasteiger partial charge in [-0.05, 0) is 36.8 Å². The molecule has 0 aliphatic rings. The first-order valence-electron chi connectivity index (χ1n) is 7.20. The minimum Gasteiger partial charge on any atom is -0.347 e. The minimum atomic E-state index is -0.204. The van der Waals surface area contributed by atoms with Gasteiger partial charge in [-0.1, -0.05) is 13.8 Å². The average Bonchev–Trinajstić information content (AvgIpc) is 2.86. The molecule has 7 heteroatoms. The van der Waals surface area contributed by atoms with E-state index in [1.165, 1.54) is 17.4 Å². The molecule has 2 aromatic rings. The Kier molecular flexibility index (Phi) is 5.07. The van der Waals surface area contributed by atoms with Gasteiger partial charge in [-0.15, -0.1) is 11.3 Å². The molecule has 1 amide bonds. The molecule has 1 unspecified atom stereocenters. The van der Waals surface area contributed by atoms with Crippen molar-refractivity contribution in [1.29, 1.82) is 0 Å². The van der Waals surface area contributed by atoms with E-state index in [9.17, 15) is 4.79 Å². The summed E-state index contributed by atoms with van der Waals surface area (Å²) in [6, 6.07) is 2.29. The monoisotopic (exact) mass is 319 g/mol. The molecule has 118 valence electrons. The second-order valence-corrected chi connectivity index (χ2v) is 6.46. The molecular weight excluding hydrogens is 298 g/mol. The van der Waals surface area contributed by atoms with E-state index in [4.69, 9.17) is 0 Å². The van der Waals surface area contributed by atoms with E-state index in [0.29, 0.717) is 17.7 Å². The van der Waals surface area contributed by atoms with Gasteiger partial charge < -0.3 is 5.32 Å². The number of anilines is 2. The number of nitrogens with zero attached hydrogens (tertiary/aromatic N) is 3. The number of amides is 1. The zero-order chi connectivity index (χ0) is 16.3. The molecule has 0 aliphatic heterocycles. The van der Waals surface area contributed by atoms with Crippen molar-refractivity contribution in [3.63, 3.8) is 0 Å². The lowest BCUT2D eigenvalue weighted by Gasteiger charge is -2.13. The van der Waals surface area contributed by atoms with Gasteiger partial charge in [0.2, 0.25) is 17.8 Å². The zero-order valence-corrected chi connectivity index (χ0v) is 14.3. The maximum atomic E-state index is 11.1. The summed E-state index contributed by atoms with van der Waals surface area (Å²) >= 11 is 1.72. The highest BCUT2D eigenvalue weighted by Gasteiger charge is 2.13. The normalized spacial score (nSPS) is 12.3. The first kappa shape index (κ1) is 16.4. The Hall–Kier alpha value is -2.02. The molecule has 0 aromatic carbocycles. The Labute approximate surface area is 134 Å². The summed E-state index contributed by atoms with van der Waals surface area (Å²) in [5, 5.41) is 8.02. The maximum absolute atomic E-state index is 11.1. The van der Waals surface area contributed by atoms with E-state index in [1.807, 2.05) is 0 Å². The Morgan fingerprint density at radius 1 is 1.18 bits per heavy atom. The number of hydrogen-bond acceptors (Lipinski definition) is 6. The molecule has 0 radical (unpaired) electrons. The van der Waals surface area contributed by atoms with Crippen LogP contribution in [0.1, 0.15) is 55.9 Å². The molecule has 2 N–H and O–H groups in total. The van der Waals surface area contributed by atoms with E-state index >= 15 is 0 Å². The van der Waals surface area contributed by atoms with Crippen molar-refractivity contribution in [2.45, 2.75) is 46.6 Å². The maximum Gasteiger partial charge on any atom is 0.234 e. The van der Waals surface area contributed by atoms with E-state index in [0.717, 1.165) is 0 Å². The Morgan fingerprint density at radius 2 is 1.86 bits per heavy atom. The fourth-order valence-corrected chi connectivity index (χ4v) is 3.00. The highest BCUT2D eigenvalue weighted by molar-refractivity contribution is 7.10. The summed E-state index contributed by atoms with van der Waals surface area (Å²) in [5.74, 6) is 1.60. The molecular formula is C15H21N5OS. The second kappa shape index (κ2) is 6.83. The largest absolute Gasteiger partial charge is 0.347 e. The molecule has 22 heavy (non-hydrogen) atoms. The Morgan fingerprint density at radius 3 is 2.45 bits per heavy atom. The molecule has 0 saturated heterocycles. The quantitative estimate of drug-likeness (QED) is 0.881. The summed E-state index contributed by atoms with van der Waals surface area (Å²) < 4.78 is 0. The molecule has 0 bridgehead atoms. The lowest BCUT2D eigenvalue weighted by molar-refractivity contribution is -0.114. The van der Waals surface area contributed by atoms with E-state index < -0.39 is 0 Å². The summed E-state index contributed by atoms with van der Waals surface area (Å²) in [5.41, 5.74) is 1.33. The van der Waals surface area contributed by atoms with Crippen molar-refractivity contribution in [1.82, 2.24) is 15.0 Å². The summed E-state index contributed by atoms with van der Waals surface area (Å²) in [6.07, 6.45) is 0. The van der Waals surface area contributed by atoms with Crippen LogP contribution in [0.2, 0.25) is 0 Å². The predicted molar refractivity (Wildman–Crippen MR) is 89.3 cm³/mol. The number of thiophene rings is 1. The van der Waals surface area contributed by atoms with Crippen molar-refractivity contribution in [3.05, 3.63) is 27.7 Å². The van der Waals surface area contributed by atoms with Crippen LogP contribution in [0.15, 0.2) is 11.4 Å². The molecule has 1 atom stereocenters. The first-order chi connectivity index (χ1) is 10.3. The van der Waals surface area contributed by atoms with Crippen molar-refractivity contribution in [3.8, 4) is 0 Å². The molecule has 0 fully saturated rings. The lowest BCUT2D eigenvalue weighted by Crippen LogP contribution is -2.14.